The molecule has 2 unspecified atom stereocenters. The molecule has 0 aliphatic rings. The molecule has 0 rings (SSSR count). The summed E-state index contributed by atoms with van der Waals surface area (Å²) >= 11 is 0. The topological polar surface area (TPSA) is 15.3 Å². The van der Waals surface area contributed by atoms with Crippen LogP contribution in [-0.2, 0) is 0 Å². The second-order valence-electron chi connectivity index (χ2n) is 3.76. The Balaban J connectivity index is 4.61. The molecule has 13 heavy (non-hydrogen) atoms. The van der Waals surface area contributed by atoms with Crippen LogP contribution < -0.4 is 5.32 Å². The van der Waals surface area contributed by atoms with Gasteiger partial charge in [0.1, 0.15) is 0 Å². The SMILES string of the molecule is C#CC(NCC)C(C)(CC)N(C)C. The molecule has 0 aromatic carbocycles. The molecule has 0 radical (unpaired) electrons. The Morgan fingerprint density at radius 1 is 1.46 bits per heavy atom. The van der Waals surface area contributed by atoms with Gasteiger partial charge < -0.3 is 10.2 Å². The second-order valence-corrected chi connectivity index (χ2v) is 3.76. The van der Waals surface area contributed by atoms with Gasteiger partial charge >= 0.3 is 0 Å². The van der Waals surface area contributed by atoms with Crippen LogP contribution in [0.1, 0.15) is 27.2 Å². The van der Waals surface area contributed by atoms with Gasteiger partial charge in [-0.15, -0.1) is 6.42 Å². The summed E-state index contributed by atoms with van der Waals surface area (Å²) in [7, 11) is 4.15. The maximum absolute atomic E-state index is 5.52. The van der Waals surface area contributed by atoms with Gasteiger partial charge in [-0.05, 0) is 34.0 Å². The highest BCUT2D eigenvalue weighted by Gasteiger charge is 2.32. The van der Waals surface area contributed by atoms with E-state index in [4.69, 9.17) is 6.42 Å². The molecule has 2 nitrogen and oxygen atoms in total. The Kier molecular flexibility index (Phi) is 5.05. The molecule has 2 heteroatoms. The smallest absolute Gasteiger partial charge is 0.0870 e. The highest BCUT2D eigenvalue weighted by molar-refractivity contribution is 5.11. The van der Waals surface area contributed by atoms with Crippen molar-refractivity contribution in [3.05, 3.63) is 0 Å². The molecule has 0 heterocycles. The normalized spacial score (nSPS) is 17.9. The molecule has 0 saturated carbocycles. The highest BCUT2D eigenvalue weighted by Crippen LogP contribution is 2.20. The molecule has 0 spiro atoms. The van der Waals surface area contributed by atoms with Crippen molar-refractivity contribution in [2.75, 3.05) is 20.6 Å². The Hall–Kier alpha value is -0.520. The van der Waals surface area contributed by atoms with Crippen LogP contribution in [0.25, 0.3) is 0 Å². The second kappa shape index (κ2) is 5.26. The van der Waals surface area contributed by atoms with Gasteiger partial charge in [0.2, 0.25) is 0 Å². The molecule has 2 atom stereocenters. The van der Waals surface area contributed by atoms with Gasteiger partial charge in [-0.25, -0.2) is 0 Å². The minimum Gasteiger partial charge on any atom is -0.302 e. The number of terminal acetylenes is 1. The number of hydrogen-bond donors (Lipinski definition) is 1. The summed E-state index contributed by atoms with van der Waals surface area (Å²) in [6.07, 6.45) is 6.56. The molecule has 0 aromatic heterocycles. The van der Waals surface area contributed by atoms with E-state index < -0.39 is 0 Å². The fraction of sp³-hybridized carbons (Fsp3) is 0.818. The zero-order valence-electron chi connectivity index (χ0n) is 9.52. The molecular formula is C11H22N2. The standard InChI is InChI=1S/C11H22N2/c1-7-10(12-9-3)11(4,8-2)13(5)6/h1,10,12H,8-9H2,2-6H3. The summed E-state index contributed by atoms with van der Waals surface area (Å²) in [6, 6.07) is 0.123. The van der Waals surface area contributed by atoms with Crippen LogP contribution in [0.15, 0.2) is 0 Å². The zero-order chi connectivity index (χ0) is 10.5. The molecular weight excluding hydrogens is 160 g/mol. The van der Waals surface area contributed by atoms with E-state index >= 15 is 0 Å². The third-order valence-electron chi connectivity index (χ3n) is 2.93. The average Bonchev–Trinajstić information content (AvgIpc) is 2.12. The first-order valence-electron chi connectivity index (χ1n) is 4.89. The van der Waals surface area contributed by atoms with E-state index in [1.807, 2.05) is 0 Å². The first-order valence-corrected chi connectivity index (χ1v) is 4.89. The Morgan fingerprint density at radius 3 is 2.23 bits per heavy atom. The van der Waals surface area contributed by atoms with Gasteiger partial charge in [0.05, 0.1) is 6.04 Å². The van der Waals surface area contributed by atoms with Crippen LogP contribution in [-0.4, -0.2) is 37.1 Å². The minimum absolute atomic E-state index is 0.0464. The van der Waals surface area contributed by atoms with Crippen molar-refractivity contribution in [1.29, 1.82) is 0 Å². The van der Waals surface area contributed by atoms with Crippen LogP contribution in [0.2, 0.25) is 0 Å². The maximum Gasteiger partial charge on any atom is 0.0870 e. The van der Waals surface area contributed by atoms with Gasteiger partial charge in [-0.3, -0.25) is 0 Å². The maximum atomic E-state index is 5.52. The van der Waals surface area contributed by atoms with E-state index in [2.05, 4.69) is 51.0 Å². The number of nitrogens with one attached hydrogen (secondary N) is 1. The summed E-state index contributed by atoms with van der Waals surface area (Å²) in [5, 5.41) is 3.33. The predicted molar refractivity (Wildman–Crippen MR) is 58.7 cm³/mol. The lowest BCUT2D eigenvalue weighted by molar-refractivity contribution is 0.138. The molecule has 0 aliphatic carbocycles. The van der Waals surface area contributed by atoms with Gasteiger partial charge in [-0.1, -0.05) is 19.8 Å². The number of nitrogens with zero attached hydrogens (tertiary/aromatic N) is 1. The van der Waals surface area contributed by atoms with Gasteiger partial charge in [0, 0.05) is 5.54 Å². The highest BCUT2D eigenvalue weighted by atomic mass is 15.2. The van der Waals surface area contributed by atoms with Gasteiger partial charge in [0.25, 0.3) is 0 Å². The molecule has 0 aliphatic heterocycles. The third-order valence-corrected chi connectivity index (χ3v) is 2.93. The lowest BCUT2D eigenvalue weighted by Crippen LogP contribution is -2.56. The predicted octanol–water partition coefficient (Wildman–Crippen LogP) is 1.33. The van der Waals surface area contributed by atoms with Crippen LogP contribution in [0, 0.1) is 12.3 Å². The van der Waals surface area contributed by atoms with Crippen molar-refractivity contribution in [2.45, 2.75) is 38.8 Å². The fourth-order valence-electron chi connectivity index (χ4n) is 1.44. The molecule has 0 amide bonds. The van der Waals surface area contributed by atoms with Gasteiger partial charge in [-0.2, -0.15) is 0 Å². The van der Waals surface area contributed by atoms with E-state index in [1.165, 1.54) is 0 Å². The van der Waals surface area contributed by atoms with Crippen LogP contribution >= 0.6 is 0 Å². The van der Waals surface area contributed by atoms with Crippen LogP contribution in [0.4, 0.5) is 0 Å². The molecule has 0 saturated heterocycles. The third kappa shape index (κ3) is 2.72. The number of rotatable bonds is 5. The lowest BCUT2D eigenvalue weighted by Gasteiger charge is -2.40. The quantitative estimate of drug-likeness (QED) is 0.645. The Bertz CT molecular complexity index is 181. The summed E-state index contributed by atoms with van der Waals surface area (Å²) in [5.74, 6) is 2.82. The van der Waals surface area contributed by atoms with E-state index in [1.54, 1.807) is 0 Å². The molecule has 76 valence electrons. The van der Waals surface area contributed by atoms with Crippen molar-refractivity contribution < 1.29 is 0 Å². The zero-order valence-corrected chi connectivity index (χ0v) is 9.52. The molecule has 1 N–H and O–H groups in total. The Labute approximate surface area is 82.7 Å². The van der Waals surface area contributed by atoms with E-state index in [0.717, 1.165) is 13.0 Å². The van der Waals surface area contributed by atoms with Gasteiger partial charge in [0.15, 0.2) is 0 Å². The summed E-state index contributed by atoms with van der Waals surface area (Å²) in [4.78, 5) is 2.19. The van der Waals surface area contributed by atoms with Crippen LogP contribution in [0.3, 0.4) is 0 Å². The van der Waals surface area contributed by atoms with Crippen molar-refractivity contribution >= 4 is 0 Å². The van der Waals surface area contributed by atoms with E-state index in [0.29, 0.717) is 0 Å². The summed E-state index contributed by atoms with van der Waals surface area (Å²) in [6.45, 7) is 7.36. The van der Waals surface area contributed by atoms with Crippen molar-refractivity contribution in [1.82, 2.24) is 10.2 Å². The molecule has 0 aromatic rings. The monoisotopic (exact) mass is 182 g/mol. The Morgan fingerprint density at radius 2 is 2.00 bits per heavy atom. The minimum atomic E-state index is 0.0464. The summed E-state index contributed by atoms with van der Waals surface area (Å²) < 4.78 is 0. The molecule has 0 bridgehead atoms. The van der Waals surface area contributed by atoms with Crippen molar-refractivity contribution in [3.63, 3.8) is 0 Å². The van der Waals surface area contributed by atoms with Crippen molar-refractivity contribution in [2.24, 2.45) is 0 Å². The molecule has 0 fully saturated rings. The van der Waals surface area contributed by atoms with Crippen molar-refractivity contribution in [3.8, 4) is 12.3 Å². The van der Waals surface area contributed by atoms with E-state index in [-0.39, 0.29) is 11.6 Å². The summed E-state index contributed by atoms with van der Waals surface area (Å²) in [5.41, 5.74) is 0.0464. The first-order chi connectivity index (χ1) is 6.02. The fourth-order valence-corrected chi connectivity index (χ4v) is 1.44. The lowest BCUT2D eigenvalue weighted by atomic mass is 9.88. The number of likely N-dealkylation sites (N-methyl/N-ethyl adjacent to an activating group) is 2. The van der Waals surface area contributed by atoms with E-state index in [9.17, 15) is 0 Å². The van der Waals surface area contributed by atoms with Crippen LogP contribution in [0.5, 0.6) is 0 Å². The number of hydrogen-bond acceptors (Lipinski definition) is 2. The average molecular weight is 182 g/mol. The first kappa shape index (κ1) is 12.5. The largest absolute Gasteiger partial charge is 0.302 e.